The van der Waals surface area contributed by atoms with Crippen molar-refractivity contribution < 1.29 is 9.18 Å². The van der Waals surface area contributed by atoms with E-state index in [-0.39, 0.29) is 47.2 Å². The molecule has 2 fully saturated rings. The number of halogens is 1. The lowest BCUT2D eigenvalue weighted by Gasteiger charge is -2.29. The van der Waals surface area contributed by atoms with Gasteiger partial charge in [0.05, 0.1) is 11.6 Å². The van der Waals surface area contributed by atoms with Crippen molar-refractivity contribution in [1.29, 1.82) is 0 Å². The van der Waals surface area contributed by atoms with Gasteiger partial charge < -0.3 is 9.72 Å². The van der Waals surface area contributed by atoms with Crippen molar-refractivity contribution in [1.82, 2.24) is 28.8 Å². The van der Waals surface area contributed by atoms with Crippen LogP contribution in [0.15, 0.2) is 52.4 Å². The van der Waals surface area contributed by atoms with Crippen LogP contribution in [0, 0.1) is 11.7 Å². The molecule has 192 valence electrons. The van der Waals surface area contributed by atoms with E-state index in [2.05, 4.69) is 15.3 Å². The number of nitrogens with zero attached hydrogens (tertiary/aromatic N) is 5. The lowest BCUT2D eigenvalue weighted by Crippen LogP contribution is -2.44. The van der Waals surface area contributed by atoms with Crippen LogP contribution in [0.2, 0.25) is 0 Å². The Morgan fingerprint density at radius 3 is 2.62 bits per heavy atom. The number of pyridine rings is 2. The molecule has 9 nitrogen and oxygen atoms in total. The Morgan fingerprint density at radius 1 is 1.08 bits per heavy atom. The van der Waals surface area contributed by atoms with Crippen LogP contribution < -0.4 is 16.6 Å². The van der Waals surface area contributed by atoms with Gasteiger partial charge in [-0.3, -0.25) is 18.7 Å². The molecule has 0 unspecified atom stereocenters. The number of carbonyl (C=O) groups excluding carboxylic acids is 1. The van der Waals surface area contributed by atoms with Crippen molar-refractivity contribution >= 4 is 22.6 Å². The van der Waals surface area contributed by atoms with Crippen LogP contribution in [0.4, 0.5) is 4.39 Å². The van der Waals surface area contributed by atoms with E-state index < -0.39 is 11.4 Å². The molecule has 1 amide bonds. The zero-order valence-electron chi connectivity index (χ0n) is 20.5. The number of imidazole rings is 1. The van der Waals surface area contributed by atoms with E-state index in [0.29, 0.717) is 5.69 Å². The number of hydrogen-bond acceptors (Lipinski definition) is 5. The molecule has 2 aliphatic carbocycles. The molecule has 0 spiro atoms. The molecule has 0 radical (unpaired) electrons. The fourth-order valence-corrected chi connectivity index (χ4v) is 5.94. The van der Waals surface area contributed by atoms with Crippen LogP contribution in [0.25, 0.3) is 16.7 Å². The van der Waals surface area contributed by atoms with E-state index in [9.17, 15) is 18.8 Å². The van der Waals surface area contributed by atoms with Gasteiger partial charge in [-0.15, -0.1) is 0 Å². The molecule has 0 saturated heterocycles. The smallest absolute Gasteiger partial charge is 0.332 e. The highest BCUT2D eigenvalue weighted by Gasteiger charge is 2.28. The maximum absolute atomic E-state index is 14.0. The molecule has 0 aromatic carbocycles. The van der Waals surface area contributed by atoms with Crippen molar-refractivity contribution in [3.05, 3.63) is 75.2 Å². The summed E-state index contributed by atoms with van der Waals surface area (Å²) in [5, 5.41) is 3.23. The molecular weight excluding hydrogens is 475 g/mol. The third kappa shape index (κ3) is 4.45. The van der Waals surface area contributed by atoms with Gasteiger partial charge >= 0.3 is 5.69 Å². The molecule has 6 rings (SSSR count). The van der Waals surface area contributed by atoms with E-state index in [4.69, 9.17) is 0 Å². The highest BCUT2D eigenvalue weighted by molar-refractivity contribution is 5.93. The van der Waals surface area contributed by atoms with Crippen molar-refractivity contribution in [3.63, 3.8) is 0 Å². The average Bonchev–Trinajstić information content (AvgIpc) is 3.58. The predicted molar refractivity (Wildman–Crippen MR) is 136 cm³/mol. The van der Waals surface area contributed by atoms with Gasteiger partial charge in [-0.25, -0.2) is 19.2 Å². The Morgan fingerprint density at radius 2 is 1.86 bits per heavy atom. The predicted octanol–water partition coefficient (Wildman–Crippen LogP) is 3.45. The average molecular weight is 505 g/mol. The topological polar surface area (TPSA) is 103 Å². The number of fused-ring (bicyclic) bond motifs is 2. The minimum Gasteiger partial charge on any atom is -0.348 e. The van der Waals surface area contributed by atoms with Gasteiger partial charge in [0.25, 0.3) is 11.5 Å². The van der Waals surface area contributed by atoms with Crippen molar-refractivity contribution in [2.75, 3.05) is 0 Å². The molecule has 1 N–H and O–H groups in total. The summed E-state index contributed by atoms with van der Waals surface area (Å²) in [4.78, 5) is 48.0. The standard InChI is InChI=1S/C27H29FN6O3/c28-18-13-21-24(29-14-18)34(20-5-1-2-6-20)27(37)33(26(21)36)15-17-8-10-19(11-9-17)30-25(35)22-16-32-12-4-3-7-23(32)31-22/h3-4,7,12-14,16-17,19-20H,1-2,5-6,8-11,15H2,(H,30,35). The number of carbonyl (C=O) groups is 1. The molecule has 0 aliphatic heterocycles. The molecule has 4 aromatic heterocycles. The second kappa shape index (κ2) is 9.57. The Bertz CT molecular complexity index is 1560. The minimum absolute atomic E-state index is 0.00957. The largest absolute Gasteiger partial charge is 0.348 e. The molecule has 10 heteroatoms. The number of nitrogens with one attached hydrogen (secondary N) is 1. The molecule has 2 aliphatic rings. The summed E-state index contributed by atoms with van der Waals surface area (Å²) in [5.41, 5.74) is 0.534. The zero-order chi connectivity index (χ0) is 25.5. The summed E-state index contributed by atoms with van der Waals surface area (Å²) in [6, 6.07) is 6.79. The number of hydrogen-bond donors (Lipinski definition) is 1. The quantitative estimate of drug-likeness (QED) is 0.449. The molecule has 2 saturated carbocycles. The summed E-state index contributed by atoms with van der Waals surface area (Å²) >= 11 is 0. The fraction of sp³-hybridized carbons (Fsp3) is 0.444. The Hall–Kier alpha value is -3.82. The van der Waals surface area contributed by atoms with E-state index in [1.165, 1.54) is 10.6 Å². The first kappa shape index (κ1) is 23.6. The molecular formula is C27H29FN6O3. The maximum Gasteiger partial charge on any atom is 0.332 e. The highest BCUT2D eigenvalue weighted by Crippen LogP contribution is 2.30. The number of amides is 1. The van der Waals surface area contributed by atoms with E-state index in [1.807, 2.05) is 28.8 Å². The van der Waals surface area contributed by atoms with Gasteiger partial charge in [0.2, 0.25) is 0 Å². The monoisotopic (exact) mass is 504 g/mol. The highest BCUT2D eigenvalue weighted by atomic mass is 19.1. The first-order chi connectivity index (χ1) is 18.0. The van der Waals surface area contributed by atoms with Crippen LogP contribution in [0.3, 0.4) is 0 Å². The first-order valence-corrected chi connectivity index (χ1v) is 13.0. The van der Waals surface area contributed by atoms with Crippen LogP contribution in [0.1, 0.15) is 67.9 Å². The third-order valence-corrected chi connectivity index (χ3v) is 7.88. The van der Waals surface area contributed by atoms with Crippen LogP contribution >= 0.6 is 0 Å². The van der Waals surface area contributed by atoms with Gasteiger partial charge in [0.1, 0.15) is 22.8 Å². The van der Waals surface area contributed by atoms with Crippen LogP contribution in [0.5, 0.6) is 0 Å². The molecule has 37 heavy (non-hydrogen) atoms. The van der Waals surface area contributed by atoms with E-state index >= 15 is 0 Å². The molecule has 0 bridgehead atoms. The summed E-state index contributed by atoms with van der Waals surface area (Å²) in [6.45, 7) is 0.282. The van der Waals surface area contributed by atoms with E-state index in [0.717, 1.165) is 63.2 Å². The number of aromatic nitrogens is 5. The Labute approximate surface area is 212 Å². The number of rotatable bonds is 5. The lowest BCUT2D eigenvalue weighted by molar-refractivity contribution is 0.0915. The van der Waals surface area contributed by atoms with Crippen molar-refractivity contribution in [2.45, 2.75) is 70.0 Å². The molecule has 4 heterocycles. The Balaban J connectivity index is 1.18. The fourth-order valence-electron chi connectivity index (χ4n) is 5.94. The van der Waals surface area contributed by atoms with Crippen LogP contribution in [-0.4, -0.2) is 35.5 Å². The van der Waals surface area contributed by atoms with Crippen molar-refractivity contribution in [3.8, 4) is 0 Å². The minimum atomic E-state index is -0.588. The van der Waals surface area contributed by atoms with Gasteiger partial charge in [-0.2, -0.15) is 0 Å². The summed E-state index contributed by atoms with van der Waals surface area (Å²) in [7, 11) is 0. The van der Waals surface area contributed by atoms with Gasteiger partial charge in [-0.1, -0.05) is 18.9 Å². The van der Waals surface area contributed by atoms with Crippen molar-refractivity contribution in [2.24, 2.45) is 5.92 Å². The maximum atomic E-state index is 14.0. The van der Waals surface area contributed by atoms with Crippen LogP contribution in [-0.2, 0) is 6.54 Å². The van der Waals surface area contributed by atoms with Gasteiger partial charge in [-0.05, 0) is 62.6 Å². The molecule has 0 atom stereocenters. The third-order valence-electron chi connectivity index (χ3n) is 7.88. The van der Waals surface area contributed by atoms with E-state index in [1.54, 1.807) is 10.8 Å². The SMILES string of the molecule is O=C(NC1CCC(Cn2c(=O)c3cc(F)cnc3n(C3CCCC3)c2=O)CC1)c1cn2ccccc2n1. The molecule has 4 aromatic rings. The second-order valence-corrected chi connectivity index (χ2v) is 10.3. The summed E-state index contributed by atoms with van der Waals surface area (Å²) < 4.78 is 18.7. The normalized spacial score (nSPS) is 20.6. The zero-order valence-corrected chi connectivity index (χ0v) is 20.5. The Kier molecular flexibility index (Phi) is 6.10. The summed E-state index contributed by atoms with van der Waals surface area (Å²) in [6.07, 6.45) is 11.4. The first-order valence-electron chi connectivity index (χ1n) is 13.0. The van der Waals surface area contributed by atoms with Gasteiger partial charge in [0.15, 0.2) is 0 Å². The summed E-state index contributed by atoms with van der Waals surface area (Å²) in [5.74, 6) is -0.675. The van der Waals surface area contributed by atoms with Gasteiger partial charge in [0, 0.05) is 31.0 Å². The second-order valence-electron chi connectivity index (χ2n) is 10.3. The lowest BCUT2D eigenvalue weighted by atomic mass is 9.86.